The molecule has 2 atom stereocenters. The second-order valence-electron chi connectivity index (χ2n) is 12.7. The molecule has 2 aromatic carbocycles. The molecule has 2 fully saturated rings. The zero-order valence-corrected chi connectivity index (χ0v) is 28.2. The monoisotopic (exact) mass is 669 g/mol. The van der Waals surface area contributed by atoms with Crippen molar-refractivity contribution in [2.75, 3.05) is 45.3 Å². The lowest BCUT2D eigenvalue weighted by Gasteiger charge is -2.37. The van der Waals surface area contributed by atoms with E-state index in [1.165, 1.54) is 0 Å². The second-order valence-corrected chi connectivity index (χ2v) is 12.7. The fourth-order valence-corrected chi connectivity index (χ4v) is 7.40. The summed E-state index contributed by atoms with van der Waals surface area (Å²) < 4.78 is 19.8. The van der Waals surface area contributed by atoms with E-state index >= 15 is 0 Å². The van der Waals surface area contributed by atoms with Crippen LogP contribution in [0.4, 0.5) is 15.3 Å². The molecule has 4 aliphatic rings. The van der Waals surface area contributed by atoms with Crippen molar-refractivity contribution >= 4 is 34.8 Å². The average Bonchev–Trinajstić information content (AvgIpc) is 3.13. The summed E-state index contributed by atoms with van der Waals surface area (Å²) in [6.45, 7) is 2.42. The minimum absolute atomic E-state index is 0.207. The van der Waals surface area contributed by atoms with E-state index in [1.54, 1.807) is 26.2 Å². The van der Waals surface area contributed by atoms with Crippen molar-refractivity contribution < 1.29 is 33.4 Å². The standard InChI is InChI=1S/C38H44N4O7/c1-39-37(45)47-21-17-25-9-5-7-19-41(25)27-13-15-31-33(23-27)49-34-24-28(42-20-8-6-10-26(42)18-22-48-38(46)40-2)14-16-32(34)35(31)29-11-3-4-12-30(29)36(43)44/h3-4,11-16,23-26H,5-10,17-22H2,1-2H3,(H2-,39,40,43,44,45,46)/p+1. The van der Waals surface area contributed by atoms with Crippen molar-refractivity contribution in [3.63, 3.8) is 0 Å². The number of anilines is 1. The number of fused-ring (bicyclic) bond motifs is 2. The number of carbonyl (C=O) groups excluding carboxylic acids is 2. The van der Waals surface area contributed by atoms with Gasteiger partial charge in [0.25, 0.3) is 0 Å². The summed E-state index contributed by atoms with van der Waals surface area (Å²) in [6, 6.07) is 19.9. The van der Waals surface area contributed by atoms with E-state index in [0.29, 0.717) is 43.0 Å². The van der Waals surface area contributed by atoms with Gasteiger partial charge in [-0.05, 0) is 55.5 Å². The highest BCUT2D eigenvalue weighted by Crippen LogP contribution is 2.42. The van der Waals surface area contributed by atoms with Gasteiger partial charge in [-0.1, -0.05) is 18.2 Å². The predicted molar refractivity (Wildman–Crippen MR) is 188 cm³/mol. The normalized spacial score (nSPS) is 19.0. The summed E-state index contributed by atoms with van der Waals surface area (Å²) in [5, 5.41) is 17.0. The number of carboxylic acids is 1. The molecule has 6 rings (SSSR count). The number of carboxylic acid groups (broad SMARTS) is 1. The number of amides is 2. The van der Waals surface area contributed by atoms with Crippen molar-refractivity contribution in [1.29, 1.82) is 0 Å². The third-order valence-corrected chi connectivity index (χ3v) is 9.81. The van der Waals surface area contributed by atoms with Crippen LogP contribution in [0, 0.1) is 0 Å². The van der Waals surface area contributed by atoms with E-state index in [4.69, 9.17) is 13.9 Å². The Morgan fingerprint density at radius 1 is 0.878 bits per heavy atom. The lowest BCUT2D eigenvalue weighted by atomic mass is 9.90. The number of nitrogens with one attached hydrogen (secondary N) is 2. The molecule has 1 aliphatic carbocycles. The van der Waals surface area contributed by atoms with Crippen LogP contribution >= 0.6 is 0 Å². The highest BCUT2D eigenvalue weighted by Gasteiger charge is 2.29. The molecule has 2 aromatic rings. The van der Waals surface area contributed by atoms with Gasteiger partial charge in [-0.15, -0.1) is 0 Å². The third-order valence-electron chi connectivity index (χ3n) is 9.81. The number of rotatable bonds is 9. The van der Waals surface area contributed by atoms with Crippen LogP contribution in [0.1, 0.15) is 61.7 Å². The van der Waals surface area contributed by atoms with Gasteiger partial charge in [0.15, 0.2) is 6.04 Å². The van der Waals surface area contributed by atoms with Gasteiger partial charge in [0, 0.05) is 86.7 Å². The minimum atomic E-state index is -0.990. The van der Waals surface area contributed by atoms with Crippen molar-refractivity contribution in [1.82, 2.24) is 15.2 Å². The van der Waals surface area contributed by atoms with Gasteiger partial charge in [-0.2, -0.15) is 0 Å². The Morgan fingerprint density at radius 3 is 2.41 bits per heavy atom. The maximum atomic E-state index is 12.4. The van der Waals surface area contributed by atoms with Crippen LogP contribution in [0.25, 0.3) is 33.4 Å². The number of hydrogen-bond acceptors (Lipinski definition) is 7. The number of carbonyl (C=O) groups is 3. The van der Waals surface area contributed by atoms with Crippen molar-refractivity contribution in [2.24, 2.45) is 0 Å². The summed E-state index contributed by atoms with van der Waals surface area (Å²) in [6.07, 6.45) is 6.90. The quantitative estimate of drug-likeness (QED) is 0.144. The molecule has 2 amide bonds. The predicted octanol–water partition coefficient (Wildman–Crippen LogP) is 6.08. The molecule has 258 valence electrons. The first-order chi connectivity index (χ1) is 23.9. The summed E-state index contributed by atoms with van der Waals surface area (Å²) >= 11 is 0. The van der Waals surface area contributed by atoms with Gasteiger partial charge >= 0.3 is 18.2 Å². The molecule has 0 bridgehead atoms. The van der Waals surface area contributed by atoms with E-state index < -0.39 is 18.2 Å². The maximum Gasteiger partial charge on any atom is 0.406 e. The number of alkyl carbamates (subject to hydrolysis) is 2. The Balaban J connectivity index is 1.47. The van der Waals surface area contributed by atoms with Crippen molar-refractivity contribution in [3.05, 3.63) is 71.6 Å². The van der Waals surface area contributed by atoms with E-state index in [2.05, 4.69) is 44.4 Å². The van der Waals surface area contributed by atoms with E-state index in [0.717, 1.165) is 79.2 Å². The molecule has 11 nitrogen and oxygen atoms in total. The van der Waals surface area contributed by atoms with Gasteiger partial charge < -0.3 is 34.5 Å². The highest BCUT2D eigenvalue weighted by molar-refractivity contribution is 6.07. The topological polar surface area (TPSA) is 133 Å². The Bertz CT molecular complexity index is 1870. The largest absolute Gasteiger partial charge is 0.478 e. The van der Waals surface area contributed by atoms with Crippen LogP contribution in [0.15, 0.2) is 65.1 Å². The fraction of sp³-hybridized carbons (Fsp3) is 0.421. The van der Waals surface area contributed by atoms with Crippen LogP contribution in [-0.4, -0.2) is 75.7 Å². The van der Waals surface area contributed by atoms with Gasteiger partial charge in [0.05, 0.1) is 24.8 Å². The minimum Gasteiger partial charge on any atom is -0.478 e. The molecule has 2 saturated heterocycles. The molecule has 0 radical (unpaired) electrons. The molecule has 3 aliphatic heterocycles. The van der Waals surface area contributed by atoms with Crippen LogP contribution in [0.5, 0.6) is 0 Å². The molecular formula is C38H45N4O7+. The van der Waals surface area contributed by atoms with Gasteiger partial charge in [0.2, 0.25) is 5.36 Å². The second kappa shape index (κ2) is 15.4. The first kappa shape index (κ1) is 33.8. The van der Waals surface area contributed by atoms with Gasteiger partial charge in [-0.25, -0.2) is 19.0 Å². The van der Waals surface area contributed by atoms with E-state index in [-0.39, 0.29) is 17.6 Å². The molecular weight excluding hydrogens is 624 g/mol. The number of hydrogen-bond donors (Lipinski definition) is 3. The Hall–Kier alpha value is -5.06. The molecule has 0 spiro atoms. The molecule has 11 heteroatoms. The number of piperidine rings is 2. The first-order valence-corrected chi connectivity index (χ1v) is 17.3. The molecule has 0 saturated carbocycles. The smallest absolute Gasteiger partial charge is 0.406 e. The van der Waals surface area contributed by atoms with E-state index in [1.807, 2.05) is 24.3 Å². The van der Waals surface area contributed by atoms with Crippen LogP contribution in [0.3, 0.4) is 0 Å². The van der Waals surface area contributed by atoms with Crippen LogP contribution in [-0.2, 0) is 9.47 Å². The third kappa shape index (κ3) is 7.50. The first-order valence-electron chi connectivity index (χ1n) is 17.3. The Morgan fingerprint density at radius 2 is 1.63 bits per heavy atom. The summed E-state index contributed by atoms with van der Waals surface area (Å²) in [5.74, 6) is -0.325. The van der Waals surface area contributed by atoms with Gasteiger partial charge in [-0.3, -0.25) is 0 Å². The molecule has 49 heavy (non-hydrogen) atoms. The molecule has 3 heterocycles. The summed E-state index contributed by atoms with van der Waals surface area (Å²) in [7, 11) is 3.11. The SMILES string of the molecule is CNC(=O)OCCC1CCCCN1c1ccc2c(-c3ccccc3C(=O)O)c3ccc(=[N+]4CCCCC4CCOC(=O)NC)cc-3oc2c1. The highest BCUT2D eigenvalue weighted by atomic mass is 16.6. The summed E-state index contributed by atoms with van der Waals surface area (Å²) in [4.78, 5) is 38.2. The zero-order valence-electron chi connectivity index (χ0n) is 28.2. The zero-order chi connectivity index (χ0) is 34.3. The van der Waals surface area contributed by atoms with Crippen LogP contribution < -0.4 is 25.5 Å². The number of aromatic carboxylic acids is 1. The lowest BCUT2D eigenvalue weighted by molar-refractivity contribution is 0.0697. The Labute approximate surface area is 285 Å². The van der Waals surface area contributed by atoms with Gasteiger partial charge in [0.1, 0.15) is 17.9 Å². The van der Waals surface area contributed by atoms with Crippen LogP contribution in [0.2, 0.25) is 0 Å². The molecule has 0 aromatic heterocycles. The van der Waals surface area contributed by atoms with E-state index in [9.17, 15) is 19.5 Å². The molecule has 2 unspecified atom stereocenters. The molecule has 3 N–H and O–H groups in total. The van der Waals surface area contributed by atoms with Crippen molar-refractivity contribution in [2.45, 2.75) is 63.5 Å². The summed E-state index contributed by atoms with van der Waals surface area (Å²) in [5.41, 5.74) is 4.18. The fourth-order valence-electron chi connectivity index (χ4n) is 7.40. The number of benzene rings is 3. The lowest BCUT2D eigenvalue weighted by Crippen LogP contribution is -2.43. The van der Waals surface area contributed by atoms with Crippen molar-refractivity contribution in [3.8, 4) is 22.5 Å². The maximum absolute atomic E-state index is 12.4. The Kier molecular flexibility index (Phi) is 10.7. The number of nitrogens with zero attached hydrogens (tertiary/aromatic N) is 2. The number of ether oxygens (including phenoxy) is 2. The average molecular weight is 670 g/mol.